The quantitative estimate of drug-likeness (QED) is 0.146. The second kappa shape index (κ2) is 15.8. The van der Waals surface area contributed by atoms with Crippen molar-refractivity contribution in [1.29, 1.82) is 0 Å². The van der Waals surface area contributed by atoms with Crippen molar-refractivity contribution >= 4 is 23.7 Å². The zero-order chi connectivity index (χ0) is 26.4. The molecule has 3 amide bonds. The molecule has 0 aliphatic rings. The summed E-state index contributed by atoms with van der Waals surface area (Å²) in [7, 11) is 0. The van der Waals surface area contributed by atoms with E-state index in [1.165, 1.54) is 0 Å². The summed E-state index contributed by atoms with van der Waals surface area (Å²) in [6.45, 7) is 3.55. The first-order chi connectivity index (χ1) is 16.6. The largest absolute Gasteiger partial charge is 0.480 e. The van der Waals surface area contributed by atoms with Gasteiger partial charge in [0.1, 0.15) is 24.2 Å². The Labute approximate surface area is 206 Å². The van der Waals surface area contributed by atoms with E-state index < -0.39 is 54.5 Å². The van der Waals surface area contributed by atoms with E-state index in [0.717, 1.165) is 5.56 Å². The van der Waals surface area contributed by atoms with Crippen LogP contribution in [0.25, 0.3) is 0 Å². The lowest BCUT2D eigenvalue weighted by molar-refractivity contribution is -0.142. The van der Waals surface area contributed by atoms with Crippen molar-refractivity contribution in [2.45, 2.75) is 70.1 Å². The Bertz CT molecular complexity index is 820. The monoisotopic (exact) mass is 493 g/mol. The number of amides is 3. The van der Waals surface area contributed by atoms with Crippen molar-refractivity contribution in [3.63, 3.8) is 0 Å². The lowest BCUT2D eigenvalue weighted by atomic mass is 10.0. The molecule has 4 atom stereocenters. The number of unbranched alkanes of at least 4 members (excludes halogenated alkanes) is 1. The van der Waals surface area contributed by atoms with Gasteiger partial charge >= 0.3 is 5.97 Å². The summed E-state index contributed by atoms with van der Waals surface area (Å²) in [6.07, 6.45) is 1.74. The molecule has 1 rings (SSSR count). The van der Waals surface area contributed by atoms with Gasteiger partial charge in [-0.15, -0.1) is 0 Å². The number of benzene rings is 1. The molecule has 0 aliphatic heterocycles. The Morgan fingerprint density at radius 3 is 2.00 bits per heavy atom. The molecule has 0 aliphatic carbocycles. The molecule has 1 aromatic carbocycles. The predicted octanol–water partition coefficient (Wildman–Crippen LogP) is -0.737. The Morgan fingerprint density at radius 2 is 1.46 bits per heavy atom. The fourth-order valence-corrected chi connectivity index (χ4v) is 3.42. The lowest BCUT2D eigenvalue weighted by Gasteiger charge is -2.26. The van der Waals surface area contributed by atoms with Crippen molar-refractivity contribution in [1.82, 2.24) is 16.0 Å². The second-order valence-electron chi connectivity index (χ2n) is 8.91. The maximum absolute atomic E-state index is 13.0. The number of nitrogens with two attached hydrogens (primary N) is 2. The van der Waals surface area contributed by atoms with Gasteiger partial charge in [0, 0.05) is 6.42 Å². The van der Waals surface area contributed by atoms with Gasteiger partial charge in [0.2, 0.25) is 17.7 Å². The zero-order valence-corrected chi connectivity index (χ0v) is 20.4. The van der Waals surface area contributed by atoms with Gasteiger partial charge in [-0.25, -0.2) is 4.79 Å². The van der Waals surface area contributed by atoms with Gasteiger partial charge in [-0.2, -0.15) is 0 Å². The standard InChI is InChI=1S/C24H39N5O6/c1-15(2)12-19(28-21(31)17(26)14-30)23(33)27-18(10-6-7-11-25)22(32)29-20(24(34)35)13-16-8-4-3-5-9-16/h3-5,8-9,15,17-20,30H,6-7,10-14,25-26H2,1-2H3,(H,27,33)(H,28,31)(H,29,32)(H,34,35). The molecule has 0 bridgehead atoms. The van der Waals surface area contributed by atoms with Crippen molar-refractivity contribution in [2.75, 3.05) is 13.2 Å². The molecule has 0 aromatic heterocycles. The van der Waals surface area contributed by atoms with Gasteiger partial charge in [0.05, 0.1) is 6.61 Å². The number of aliphatic hydroxyl groups is 1. The minimum atomic E-state index is -1.20. The molecule has 196 valence electrons. The van der Waals surface area contributed by atoms with E-state index in [1.807, 2.05) is 13.8 Å². The van der Waals surface area contributed by atoms with Crippen LogP contribution in [0.2, 0.25) is 0 Å². The number of hydrogen-bond acceptors (Lipinski definition) is 7. The van der Waals surface area contributed by atoms with Crippen molar-refractivity contribution in [2.24, 2.45) is 17.4 Å². The summed E-state index contributed by atoms with van der Waals surface area (Å²) in [5, 5.41) is 26.4. The molecule has 0 saturated carbocycles. The minimum absolute atomic E-state index is 0.0307. The van der Waals surface area contributed by atoms with Crippen molar-refractivity contribution in [3.8, 4) is 0 Å². The van der Waals surface area contributed by atoms with Crippen LogP contribution in [0.5, 0.6) is 0 Å². The maximum Gasteiger partial charge on any atom is 0.326 e. The minimum Gasteiger partial charge on any atom is -0.480 e. The van der Waals surface area contributed by atoms with Gasteiger partial charge < -0.3 is 37.6 Å². The highest BCUT2D eigenvalue weighted by molar-refractivity contribution is 5.94. The van der Waals surface area contributed by atoms with E-state index in [-0.39, 0.29) is 25.2 Å². The van der Waals surface area contributed by atoms with Crippen LogP contribution < -0.4 is 27.4 Å². The van der Waals surface area contributed by atoms with E-state index >= 15 is 0 Å². The molecule has 11 nitrogen and oxygen atoms in total. The highest BCUT2D eigenvalue weighted by Crippen LogP contribution is 2.09. The van der Waals surface area contributed by atoms with Gasteiger partial charge in [-0.1, -0.05) is 44.2 Å². The first-order valence-electron chi connectivity index (χ1n) is 11.8. The smallest absolute Gasteiger partial charge is 0.326 e. The highest BCUT2D eigenvalue weighted by atomic mass is 16.4. The third-order valence-electron chi connectivity index (χ3n) is 5.35. The molecule has 0 fully saturated rings. The molecule has 0 heterocycles. The van der Waals surface area contributed by atoms with Crippen LogP contribution >= 0.6 is 0 Å². The van der Waals surface area contributed by atoms with Crippen LogP contribution in [0, 0.1) is 5.92 Å². The Morgan fingerprint density at radius 1 is 0.886 bits per heavy atom. The molecule has 0 saturated heterocycles. The Hall–Kier alpha value is -3.02. The number of carbonyl (C=O) groups is 4. The summed E-state index contributed by atoms with van der Waals surface area (Å²) >= 11 is 0. The molecular formula is C24H39N5O6. The summed E-state index contributed by atoms with van der Waals surface area (Å²) in [5.74, 6) is -3.09. The van der Waals surface area contributed by atoms with Crippen LogP contribution in [0.15, 0.2) is 30.3 Å². The molecule has 9 N–H and O–H groups in total. The SMILES string of the molecule is CC(C)CC(NC(=O)C(N)CO)C(=O)NC(CCCCN)C(=O)NC(Cc1ccccc1)C(=O)O. The first kappa shape index (κ1) is 30.0. The Kier molecular flexibility index (Phi) is 13.5. The number of aliphatic hydroxyl groups excluding tert-OH is 1. The fourth-order valence-electron chi connectivity index (χ4n) is 3.42. The maximum atomic E-state index is 13.0. The molecular weight excluding hydrogens is 454 g/mol. The van der Waals surface area contributed by atoms with E-state index in [2.05, 4.69) is 16.0 Å². The average molecular weight is 494 g/mol. The van der Waals surface area contributed by atoms with Gasteiger partial charge in [0.15, 0.2) is 0 Å². The molecule has 35 heavy (non-hydrogen) atoms. The van der Waals surface area contributed by atoms with Gasteiger partial charge in [0.25, 0.3) is 0 Å². The van der Waals surface area contributed by atoms with E-state index in [1.54, 1.807) is 30.3 Å². The summed E-state index contributed by atoms with van der Waals surface area (Å²) in [4.78, 5) is 50.0. The lowest BCUT2D eigenvalue weighted by Crippen LogP contribution is -2.57. The number of carboxylic acid groups (broad SMARTS) is 1. The van der Waals surface area contributed by atoms with E-state index in [4.69, 9.17) is 16.6 Å². The summed E-state index contributed by atoms with van der Waals surface area (Å²) in [6, 6.07) is 4.51. The molecule has 11 heteroatoms. The number of carbonyl (C=O) groups excluding carboxylic acids is 3. The Balaban J connectivity index is 2.99. The zero-order valence-electron chi connectivity index (χ0n) is 20.4. The van der Waals surface area contributed by atoms with Gasteiger partial charge in [-0.3, -0.25) is 14.4 Å². The summed E-state index contributed by atoms with van der Waals surface area (Å²) in [5.41, 5.74) is 11.8. The number of carboxylic acids is 1. The molecule has 4 unspecified atom stereocenters. The third-order valence-corrected chi connectivity index (χ3v) is 5.35. The van der Waals surface area contributed by atoms with E-state index in [0.29, 0.717) is 19.4 Å². The normalized spacial score (nSPS) is 14.5. The summed E-state index contributed by atoms with van der Waals surface area (Å²) < 4.78 is 0. The molecule has 0 spiro atoms. The number of hydrogen-bond donors (Lipinski definition) is 7. The van der Waals surface area contributed by atoms with Crippen LogP contribution in [0.4, 0.5) is 0 Å². The number of nitrogens with one attached hydrogen (secondary N) is 3. The predicted molar refractivity (Wildman–Crippen MR) is 131 cm³/mol. The van der Waals surface area contributed by atoms with Crippen LogP contribution in [-0.4, -0.2) is 71.2 Å². The average Bonchev–Trinajstić information content (AvgIpc) is 2.82. The topological polar surface area (TPSA) is 197 Å². The van der Waals surface area contributed by atoms with Crippen LogP contribution in [0.3, 0.4) is 0 Å². The van der Waals surface area contributed by atoms with Crippen molar-refractivity contribution < 1.29 is 29.4 Å². The highest BCUT2D eigenvalue weighted by Gasteiger charge is 2.30. The number of rotatable bonds is 16. The van der Waals surface area contributed by atoms with Gasteiger partial charge in [-0.05, 0) is 43.7 Å². The number of aliphatic carboxylic acids is 1. The molecule has 1 aromatic rings. The van der Waals surface area contributed by atoms with Crippen LogP contribution in [0.1, 0.15) is 45.1 Å². The first-order valence-corrected chi connectivity index (χ1v) is 11.8. The fraction of sp³-hybridized carbons (Fsp3) is 0.583. The second-order valence-corrected chi connectivity index (χ2v) is 8.91. The van der Waals surface area contributed by atoms with E-state index in [9.17, 15) is 24.3 Å². The van der Waals surface area contributed by atoms with Crippen LogP contribution in [-0.2, 0) is 25.6 Å². The molecule has 0 radical (unpaired) electrons. The third kappa shape index (κ3) is 11.3. The van der Waals surface area contributed by atoms with Crippen molar-refractivity contribution in [3.05, 3.63) is 35.9 Å².